The fourth-order valence-electron chi connectivity index (χ4n) is 3.59. The number of amides is 1. The molecule has 0 radical (unpaired) electrons. The second-order valence-corrected chi connectivity index (χ2v) is 9.83. The van der Waals surface area contributed by atoms with Crippen molar-refractivity contribution < 1.29 is 31.5 Å². The highest BCUT2D eigenvalue weighted by atomic mass is 32.2. The zero-order valence-corrected chi connectivity index (χ0v) is 19.0. The number of likely N-dealkylation sites (tertiary alicyclic amines) is 1. The van der Waals surface area contributed by atoms with Crippen LogP contribution in [0.3, 0.4) is 0 Å². The van der Waals surface area contributed by atoms with Gasteiger partial charge in [-0.05, 0) is 25.0 Å². The molecule has 33 heavy (non-hydrogen) atoms. The molecule has 176 valence electrons. The van der Waals surface area contributed by atoms with Crippen LogP contribution >= 0.6 is 0 Å². The largest absolute Gasteiger partial charge is 0.496 e. The Bertz CT molecular complexity index is 1210. The first-order valence-electron chi connectivity index (χ1n) is 10.2. The highest BCUT2D eigenvalue weighted by Gasteiger charge is 2.33. The van der Waals surface area contributed by atoms with E-state index in [4.69, 9.17) is 18.3 Å². The number of nitrogens with one attached hydrogen (secondary N) is 1. The molecule has 4 rings (SSSR count). The first-order valence-corrected chi connectivity index (χ1v) is 12.3. The van der Waals surface area contributed by atoms with Crippen LogP contribution in [-0.4, -0.2) is 61.6 Å². The maximum atomic E-state index is 12.4. The van der Waals surface area contributed by atoms with Crippen LogP contribution in [0.15, 0.2) is 45.8 Å². The Morgan fingerprint density at radius 3 is 2.91 bits per heavy atom. The molecule has 0 saturated carbocycles. The average Bonchev–Trinajstić information content (AvgIpc) is 3.53. The van der Waals surface area contributed by atoms with Crippen molar-refractivity contribution in [2.45, 2.75) is 18.9 Å². The first-order chi connectivity index (χ1) is 15.8. The summed E-state index contributed by atoms with van der Waals surface area (Å²) in [7, 11) is -1.64. The molecule has 0 spiro atoms. The number of anilines is 2. The van der Waals surface area contributed by atoms with Crippen molar-refractivity contribution >= 4 is 27.6 Å². The fourth-order valence-corrected chi connectivity index (χ4v) is 3.97. The third-order valence-electron chi connectivity index (χ3n) is 5.17. The normalized spacial score (nSPS) is 16.1. The summed E-state index contributed by atoms with van der Waals surface area (Å²) in [6.45, 7) is 0.308. The van der Waals surface area contributed by atoms with Crippen LogP contribution in [0.25, 0.3) is 11.3 Å². The smallest absolute Gasteiger partial charge is 0.410 e. The molecular weight excluding hydrogens is 452 g/mol. The number of oxazole rings is 2. The number of ether oxygens (including phenoxy) is 2. The molecule has 1 amide bonds. The summed E-state index contributed by atoms with van der Waals surface area (Å²) in [6, 6.07) is 5.36. The van der Waals surface area contributed by atoms with Crippen LogP contribution in [0.4, 0.5) is 16.5 Å². The van der Waals surface area contributed by atoms with Crippen LogP contribution in [0.5, 0.6) is 5.75 Å². The highest BCUT2D eigenvalue weighted by Crippen LogP contribution is 2.36. The van der Waals surface area contributed by atoms with Gasteiger partial charge in [0, 0.05) is 24.6 Å². The third-order valence-corrected chi connectivity index (χ3v) is 6.08. The molecule has 0 aliphatic carbocycles. The quantitative estimate of drug-likeness (QED) is 0.515. The van der Waals surface area contributed by atoms with Gasteiger partial charge in [0.2, 0.25) is 0 Å². The fraction of sp³-hybridized carbons (Fsp3) is 0.381. The summed E-state index contributed by atoms with van der Waals surface area (Å²) < 4.78 is 44.2. The predicted molar refractivity (Wildman–Crippen MR) is 118 cm³/mol. The minimum atomic E-state index is -3.21. The number of nitrogens with zero attached hydrogens (tertiary/aromatic N) is 3. The zero-order chi connectivity index (χ0) is 23.4. The Labute approximate surface area is 190 Å². The van der Waals surface area contributed by atoms with Gasteiger partial charge in [-0.15, -0.1) is 0 Å². The van der Waals surface area contributed by atoms with Gasteiger partial charge < -0.3 is 23.6 Å². The van der Waals surface area contributed by atoms with Crippen molar-refractivity contribution in [1.82, 2.24) is 14.9 Å². The lowest BCUT2D eigenvalue weighted by Crippen LogP contribution is -2.32. The van der Waals surface area contributed by atoms with Crippen molar-refractivity contribution in [3.05, 3.63) is 42.7 Å². The molecule has 12 heteroatoms. The second kappa shape index (κ2) is 9.53. The number of aromatic nitrogens is 2. The molecule has 1 atom stereocenters. The Morgan fingerprint density at radius 1 is 1.33 bits per heavy atom. The molecule has 3 aromatic rings. The summed E-state index contributed by atoms with van der Waals surface area (Å²) in [5.74, 6) is 1.47. The van der Waals surface area contributed by atoms with Crippen molar-refractivity contribution in [1.29, 1.82) is 0 Å². The van der Waals surface area contributed by atoms with E-state index in [2.05, 4.69) is 15.3 Å². The van der Waals surface area contributed by atoms with Crippen molar-refractivity contribution in [2.24, 2.45) is 0 Å². The third kappa shape index (κ3) is 5.45. The molecule has 11 nitrogen and oxygen atoms in total. The zero-order valence-electron chi connectivity index (χ0n) is 18.2. The Balaban J connectivity index is 1.43. The van der Waals surface area contributed by atoms with E-state index >= 15 is 0 Å². The molecule has 1 aliphatic rings. The number of sulfone groups is 1. The van der Waals surface area contributed by atoms with Crippen LogP contribution < -0.4 is 10.1 Å². The van der Waals surface area contributed by atoms with E-state index in [-0.39, 0.29) is 24.4 Å². The van der Waals surface area contributed by atoms with E-state index in [1.54, 1.807) is 25.6 Å². The van der Waals surface area contributed by atoms with Crippen LogP contribution in [0.2, 0.25) is 0 Å². The molecule has 2 aromatic heterocycles. The maximum Gasteiger partial charge on any atom is 0.410 e. The van der Waals surface area contributed by atoms with E-state index in [1.165, 1.54) is 11.3 Å². The molecule has 1 aliphatic heterocycles. The van der Waals surface area contributed by atoms with Gasteiger partial charge in [0.15, 0.2) is 22.0 Å². The van der Waals surface area contributed by atoms with Gasteiger partial charge in [-0.1, -0.05) is 0 Å². The van der Waals surface area contributed by atoms with Gasteiger partial charge in [-0.3, -0.25) is 4.90 Å². The topological polar surface area (TPSA) is 137 Å². The molecule has 1 saturated heterocycles. The van der Waals surface area contributed by atoms with Gasteiger partial charge in [0.25, 0.3) is 6.01 Å². The van der Waals surface area contributed by atoms with Crippen LogP contribution in [0, 0.1) is 0 Å². The van der Waals surface area contributed by atoms with Crippen molar-refractivity contribution in [3.63, 3.8) is 0 Å². The first kappa shape index (κ1) is 22.6. The molecule has 1 fully saturated rings. The standard InChI is InChI=1S/C21H24N4O7S/c1-29-17-10-14(5-6-15(17)18-11-22-13-31-18)24-20-23-12-19(32-20)16-4-3-7-25(16)21(26)30-8-9-33(2,27)28/h5-6,10-13,16H,3-4,7-9H2,1-2H3,(H,23,24). The minimum absolute atomic E-state index is 0.185. The van der Waals surface area contributed by atoms with E-state index in [9.17, 15) is 13.2 Å². The molecule has 1 unspecified atom stereocenters. The SMILES string of the molecule is COc1cc(Nc2ncc(C3CCCN3C(=O)OCCS(C)(=O)=O)o2)ccc1-c1cnco1. The molecule has 1 aromatic carbocycles. The average molecular weight is 477 g/mol. The van der Waals surface area contributed by atoms with Gasteiger partial charge >= 0.3 is 6.09 Å². The molecular formula is C21H24N4O7S. The Kier molecular flexibility index (Phi) is 6.54. The van der Waals surface area contributed by atoms with Gasteiger partial charge in [-0.2, -0.15) is 0 Å². The Morgan fingerprint density at radius 2 is 2.18 bits per heavy atom. The lowest BCUT2D eigenvalue weighted by Gasteiger charge is -2.22. The number of carbonyl (C=O) groups is 1. The van der Waals surface area contributed by atoms with E-state index in [0.717, 1.165) is 18.2 Å². The van der Waals surface area contributed by atoms with Gasteiger partial charge in [-0.25, -0.2) is 23.2 Å². The van der Waals surface area contributed by atoms with Gasteiger partial charge in [0.1, 0.15) is 18.1 Å². The van der Waals surface area contributed by atoms with E-state index in [0.29, 0.717) is 35.9 Å². The summed E-state index contributed by atoms with van der Waals surface area (Å²) in [6.07, 6.45) is 6.51. The minimum Gasteiger partial charge on any atom is -0.496 e. The molecule has 0 bridgehead atoms. The number of carbonyl (C=O) groups excluding carboxylic acids is 1. The molecule has 3 heterocycles. The summed E-state index contributed by atoms with van der Waals surface area (Å²) in [5, 5.41) is 3.08. The Hall–Kier alpha value is -3.54. The second-order valence-electron chi connectivity index (χ2n) is 7.57. The van der Waals surface area contributed by atoms with Crippen LogP contribution in [0.1, 0.15) is 24.6 Å². The summed E-state index contributed by atoms with van der Waals surface area (Å²) in [5.41, 5.74) is 1.44. The summed E-state index contributed by atoms with van der Waals surface area (Å²) >= 11 is 0. The van der Waals surface area contributed by atoms with Crippen molar-refractivity contribution in [2.75, 3.05) is 37.6 Å². The maximum absolute atomic E-state index is 12.4. The number of methoxy groups -OCH3 is 1. The number of rotatable bonds is 8. The number of hydrogen-bond acceptors (Lipinski definition) is 10. The van der Waals surface area contributed by atoms with Gasteiger partial charge in [0.05, 0.1) is 36.9 Å². The molecule has 1 N–H and O–H groups in total. The summed E-state index contributed by atoms with van der Waals surface area (Å²) in [4.78, 5) is 22.1. The van der Waals surface area contributed by atoms with E-state index in [1.807, 2.05) is 12.1 Å². The lowest BCUT2D eigenvalue weighted by atomic mass is 10.1. The highest BCUT2D eigenvalue weighted by molar-refractivity contribution is 7.90. The van der Waals surface area contributed by atoms with Crippen LogP contribution in [-0.2, 0) is 14.6 Å². The monoisotopic (exact) mass is 476 g/mol. The van der Waals surface area contributed by atoms with E-state index < -0.39 is 15.9 Å². The number of hydrogen-bond donors (Lipinski definition) is 1. The van der Waals surface area contributed by atoms with Crippen molar-refractivity contribution in [3.8, 4) is 17.1 Å². The number of benzene rings is 1. The lowest BCUT2D eigenvalue weighted by molar-refractivity contribution is 0.0997. The predicted octanol–water partition coefficient (Wildman–Crippen LogP) is 3.40.